The van der Waals surface area contributed by atoms with E-state index < -0.39 is 17.3 Å². The van der Waals surface area contributed by atoms with Crippen molar-refractivity contribution in [2.75, 3.05) is 18.4 Å². The first-order valence-electron chi connectivity index (χ1n) is 11.6. The molecule has 0 amide bonds. The largest absolute Gasteiger partial charge is 0.456 e. The fourth-order valence-corrected chi connectivity index (χ4v) is 3.91. The Morgan fingerprint density at radius 3 is 2.59 bits per heavy atom. The van der Waals surface area contributed by atoms with Crippen LogP contribution in [0.15, 0.2) is 61.1 Å². The summed E-state index contributed by atoms with van der Waals surface area (Å²) < 4.78 is 46.6. The molecule has 0 fully saturated rings. The van der Waals surface area contributed by atoms with Crippen molar-refractivity contribution >= 4 is 34.1 Å². The third kappa shape index (κ3) is 7.12. The molecule has 0 bridgehead atoms. The monoisotopic (exact) mass is 533 g/mol. The molecule has 4 rings (SSSR count). The van der Waals surface area contributed by atoms with E-state index in [1.165, 1.54) is 18.5 Å². The van der Waals surface area contributed by atoms with Crippen LogP contribution < -0.4 is 15.4 Å². The van der Waals surface area contributed by atoms with E-state index in [0.29, 0.717) is 37.6 Å². The maximum absolute atomic E-state index is 13.0. The third-order valence-corrected chi connectivity index (χ3v) is 5.87. The average Bonchev–Trinajstić information content (AvgIpc) is 3.24. The topological polar surface area (TPSA) is 84.2 Å². The van der Waals surface area contributed by atoms with Crippen molar-refractivity contribution in [3.8, 4) is 11.5 Å². The van der Waals surface area contributed by atoms with Gasteiger partial charge >= 0.3 is 6.18 Å². The van der Waals surface area contributed by atoms with Crippen LogP contribution in [0.2, 0.25) is 5.02 Å². The van der Waals surface area contributed by atoms with Gasteiger partial charge in [0.1, 0.15) is 23.3 Å². The number of anilines is 2. The number of fused-ring (bicyclic) bond motifs is 1. The average molecular weight is 534 g/mol. The van der Waals surface area contributed by atoms with E-state index in [1.54, 1.807) is 32.0 Å². The van der Waals surface area contributed by atoms with Crippen molar-refractivity contribution in [2.24, 2.45) is 0 Å². The van der Waals surface area contributed by atoms with Crippen LogP contribution in [0, 0.1) is 0 Å². The van der Waals surface area contributed by atoms with Crippen LogP contribution in [-0.4, -0.2) is 38.3 Å². The molecule has 4 aromatic rings. The highest BCUT2D eigenvalue weighted by molar-refractivity contribution is 6.32. The molecule has 37 heavy (non-hydrogen) atoms. The fourth-order valence-electron chi connectivity index (χ4n) is 3.69. The Balaban J connectivity index is 1.46. The number of hydrogen-bond donors (Lipinski definition) is 3. The van der Waals surface area contributed by atoms with E-state index >= 15 is 0 Å². The number of rotatable bonds is 10. The van der Waals surface area contributed by atoms with Gasteiger partial charge in [-0.2, -0.15) is 13.2 Å². The molecular weight excluding hydrogens is 507 g/mol. The molecule has 0 aliphatic carbocycles. The standard InChI is InChI=1S/C26H27ClF3N5O2/c1-25(2,36)9-10-31-11-13-35-12-8-21-23(35)24(33-16-32-21)34-18-6-7-22(20(27)15-18)37-19-5-3-4-17(14-19)26(28,29)30/h3-8,12,14-16,31,36H,9-11,13H2,1-2H3,(H,32,33,34). The second kappa shape index (κ2) is 11.0. The normalized spacial score (nSPS) is 12.2. The van der Waals surface area contributed by atoms with Crippen molar-refractivity contribution in [3.05, 3.63) is 71.6 Å². The molecule has 7 nitrogen and oxygen atoms in total. The lowest BCUT2D eigenvalue weighted by atomic mass is 10.1. The van der Waals surface area contributed by atoms with Gasteiger partial charge in [-0.3, -0.25) is 0 Å². The van der Waals surface area contributed by atoms with Gasteiger partial charge < -0.3 is 25.0 Å². The highest BCUT2D eigenvalue weighted by atomic mass is 35.5. The number of hydrogen-bond acceptors (Lipinski definition) is 6. The maximum Gasteiger partial charge on any atom is 0.416 e. The Labute approximate surface area is 217 Å². The summed E-state index contributed by atoms with van der Waals surface area (Å²) in [6, 6.07) is 11.4. The Morgan fingerprint density at radius 1 is 1.05 bits per heavy atom. The Hall–Kier alpha value is -3.34. The molecule has 0 aliphatic rings. The highest BCUT2D eigenvalue weighted by Gasteiger charge is 2.30. The molecular formula is C26H27ClF3N5O2. The number of aliphatic hydroxyl groups is 1. The molecule has 2 heterocycles. The van der Waals surface area contributed by atoms with E-state index in [4.69, 9.17) is 16.3 Å². The molecule has 196 valence electrons. The first-order valence-corrected chi connectivity index (χ1v) is 12.0. The van der Waals surface area contributed by atoms with E-state index in [1.807, 2.05) is 16.8 Å². The second-order valence-electron chi connectivity index (χ2n) is 9.18. The Kier molecular flexibility index (Phi) is 7.91. The smallest absolute Gasteiger partial charge is 0.416 e. The van der Waals surface area contributed by atoms with Gasteiger partial charge in [-0.1, -0.05) is 17.7 Å². The zero-order valence-electron chi connectivity index (χ0n) is 20.3. The first kappa shape index (κ1) is 26.7. The number of alkyl halides is 3. The summed E-state index contributed by atoms with van der Waals surface area (Å²) in [7, 11) is 0. The highest BCUT2D eigenvalue weighted by Crippen LogP contribution is 2.36. The van der Waals surface area contributed by atoms with Crippen LogP contribution in [0.5, 0.6) is 11.5 Å². The van der Waals surface area contributed by atoms with Gasteiger partial charge in [0, 0.05) is 25.0 Å². The zero-order chi connectivity index (χ0) is 26.6. The van der Waals surface area contributed by atoms with Gasteiger partial charge in [0.25, 0.3) is 0 Å². The van der Waals surface area contributed by atoms with Crippen molar-refractivity contribution in [3.63, 3.8) is 0 Å². The minimum absolute atomic E-state index is 0.0314. The lowest BCUT2D eigenvalue weighted by molar-refractivity contribution is -0.137. The van der Waals surface area contributed by atoms with Crippen LogP contribution in [0.4, 0.5) is 24.7 Å². The fraction of sp³-hybridized carbons (Fsp3) is 0.308. The summed E-state index contributed by atoms with van der Waals surface area (Å²) in [5.41, 5.74) is 0.685. The second-order valence-corrected chi connectivity index (χ2v) is 9.58. The summed E-state index contributed by atoms with van der Waals surface area (Å²) in [5, 5.41) is 16.6. The molecule has 11 heteroatoms. The molecule has 2 aromatic carbocycles. The van der Waals surface area contributed by atoms with Crippen molar-refractivity contribution in [1.29, 1.82) is 0 Å². The number of halogens is 4. The Bertz CT molecular complexity index is 1370. The lowest BCUT2D eigenvalue weighted by Gasteiger charge is -2.17. The first-order chi connectivity index (χ1) is 17.5. The number of nitrogens with one attached hydrogen (secondary N) is 2. The predicted molar refractivity (Wildman–Crippen MR) is 138 cm³/mol. The molecule has 0 radical (unpaired) electrons. The SMILES string of the molecule is CC(C)(O)CCNCCn1ccc2ncnc(Nc3ccc(Oc4cccc(C(F)(F)F)c4)c(Cl)c3)c21. The summed E-state index contributed by atoms with van der Waals surface area (Å²) >= 11 is 6.38. The molecule has 0 unspecified atom stereocenters. The quantitative estimate of drug-likeness (QED) is 0.205. The molecule has 0 saturated carbocycles. The molecule has 0 aliphatic heterocycles. The van der Waals surface area contributed by atoms with Gasteiger partial charge in [0.05, 0.1) is 21.7 Å². The van der Waals surface area contributed by atoms with Crippen LogP contribution in [0.1, 0.15) is 25.8 Å². The minimum Gasteiger partial charge on any atom is -0.456 e. The van der Waals surface area contributed by atoms with Crippen LogP contribution in [-0.2, 0) is 12.7 Å². The van der Waals surface area contributed by atoms with Crippen molar-refractivity contribution < 1.29 is 23.0 Å². The van der Waals surface area contributed by atoms with E-state index in [0.717, 1.165) is 23.2 Å². The van der Waals surface area contributed by atoms with Crippen LogP contribution in [0.3, 0.4) is 0 Å². The van der Waals surface area contributed by atoms with Gasteiger partial charge in [-0.15, -0.1) is 0 Å². The summed E-state index contributed by atoms with van der Waals surface area (Å²) in [6.45, 7) is 5.61. The van der Waals surface area contributed by atoms with Gasteiger partial charge in [-0.25, -0.2) is 9.97 Å². The van der Waals surface area contributed by atoms with Crippen molar-refractivity contribution in [2.45, 2.75) is 38.6 Å². The maximum atomic E-state index is 13.0. The summed E-state index contributed by atoms with van der Waals surface area (Å²) in [4.78, 5) is 8.72. The number of aromatic nitrogens is 3. The molecule has 0 atom stereocenters. The Morgan fingerprint density at radius 2 is 1.86 bits per heavy atom. The molecule has 2 aromatic heterocycles. The lowest BCUT2D eigenvalue weighted by Crippen LogP contribution is -2.28. The van der Waals surface area contributed by atoms with Crippen LogP contribution >= 0.6 is 11.6 Å². The van der Waals surface area contributed by atoms with Gasteiger partial charge in [0.15, 0.2) is 5.82 Å². The molecule has 0 spiro atoms. The van der Waals surface area contributed by atoms with E-state index in [2.05, 4.69) is 20.6 Å². The molecule has 0 saturated heterocycles. The number of benzene rings is 2. The van der Waals surface area contributed by atoms with Crippen LogP contribution in [0.25, 0.3) is 11.0 Å². The van der Waals surface area contributed by atoms with Gasteiger partial charge in [0.2, 0.25) is 0 Å². The van der Waals surface area contributed by atoms with Gasteiger partial charge in [-0.05, 0) is 69.3 Å². The van der Waals surface area contributed by atoms with Crippen molar-refractivity contribution in [1.82, 2.24) is 19.9 Å². The zero-order valence-corrected chi connectivity index (χ0v) is 21.1. The van der Waals surface area contributed by atoms with E-state index in [9.17, 15) is 18.3 Å². The molecule has 3 N–H and O–H groups in total. The summed E-state index contributed by atoms with van der Waals surface area (Å²) in [5.74, 6) is 0.831. The predicted octanol–water partition coefficient (Wildman–Crippen LogP) is 6.39. The summed E-state index contributed by atoms with van der Waals surface area (Å²) in [6.07, 6.45) is -0.433. The third-order valence-electron chi connectivity index (χ3n) is 5.58. The number of nitrogens with zero attached hydrogens (tertiary/aromatic N) is 3. The minimum atomic E-state index is -4.47. The van der Waals surface area contributed by atoms with E-state index in [-0.39, 0.29) is 16.5 Å². The number of ether oxygens (including phenoxy) is 1.